The van der Waals surface area contributed by atoms with E-state index in [1.807, 2.05) is 30.3 Å². The Balaban J connectivity index is 2.26. The molecule has 0 heterocycles. The van der Waals surface area contributed by atoms with E-state index in [0.717, 1.165) is 5.56 Å². The number of hydrogen-bond acceptors (Lipinski definition) is 4. The molecule has 0 radical (unpaired) electrons. The molecule has 114 valence electrons. The van der Waals surface area contributed by atoms with E-state index in [4.69, 9.17) is 5.11 Å². The average Bonchev–Trinajstić information content (AvgIpc) is 2.46. The van der Waals surface area contributed by atoms with Crippen molar-refractivity contribution >= 4 is 17.8 Å². The Morgan fingerprint density at radius 3 is 2.38 bits per heavy atom. The number of benzene rings is 1. The summed E-state index contributed by atoms with van der Waals surface area (Å²) in [5, 5.41) is 13.6. The lowest BCUT2D eigenvalue weighted by atomic mass is 10.1. The molecule has 0 aromatic heterocycles. The molecule has 7 heteroatoms. The lowest BCUT2D eigenvalue weighted by Gasteiger charge is -2.11. The fourth-order valence-corrected chi connectivity index (χ4v) is 1.56. The highest BCUT2D eigenvalue weighted by molar-refractivity contribution is 5.86. The monoisotopic (exact) mass is 294 g/mol. The van der Waals surface area contributed by atoms with Crippen LogP contribution in [0, 0.1) is 0 Å². The van der Waals surface area contributed by atoms with Gasteiger partial charge in [0.1, 0.15) is 0 Å². The molecule has 0 aliphatic rings. The van der Waals surface area contributed by atoms with Crippen LogP contribution >= 0.6 is 0 Å². The minimum atomic E-state index is -1.16. The standard InChI is InChI=1S/C14H18N2O5/c1-21-11(14(19)20)8-15-13(18)9-16-12(17)7-10-5-3-2-4-6-10/h2-6,11H,7-9H2,1H3,(H,15,18)(H,16,17)(H,19,20). The fourth-order valence-electron chi connectivity index (χ4n) is 1.56. The van der Waals surface area contributed by atoms with Gasteiger partial charge in [0.15, 0.2) is 6.10 Å². The first kappa shape index (κ1) is 16.6. The van der Waals surface area contributed by atoms with Gasteiger partial charge in [0.05, 0.1) is 19.5 Å². The number of hydrogen-bond donors (Lipinski definition) is 3. The molecule has 1 unspecified atom stereocenters. The van der Waals surface area contributed by atoms with Crippen LogP contribution in [-0.4, -0.2) is 49.2 Å². The molecule has 0 saturated heterocycles. The van der Waals surface area contributed by atoms with Crippen LogP contribution in [0.15, 0.2) is 30.3 Å². The van der Waals surface area contributed by atoms with E-state index in [1.165, 1.54) is 7.11 Å². The molecule has 21 heavy (non-hydrogen) atoms. The maximum Gasteiger partial charge on any atom is 0.334 e. The molecule has 0 fully saturated rings. The summed E-state index contributed by atoms with van der Waals surface area (Å²) in [7, 11) is 1.24. The predicted molar refractivity (Wildman–Crippen MR) is 74.6 cm³/mol. The zero-order valence-corrected chi connectivity index (χ0v) is 11.7. The van der Waals surface area contributed by atoms with Gasteiger partial charge < -0.3 is 20.5 Å². The Bertz CT molecular complexity index is 489. The minimum Gasteiger partial charge on any atom is -0.479 e. The van der Waals surface area contributed by atoms with Crippen molar-refractivity contribution in [3.8, 4) is 0 Å². The third-order valence-corrected chi connectivity index (χ3v) is 2.70. The third-order valence-electron chi connectivity index (χ3n) is 2.70. The SMILES string of the molecule is COC(CNC(=O)CNC(=O)Cc1ccccc1)C(=O)O. The Kier molecular flexibility index (Phi) is 6.90. The highest BCUT2D eigenvalue weighted by atomic mass is 16.5. The second kappa shape index (κ2) is 8.70. The lowest BCUT2D eigenvalue weighted by Crippen LogP contribution is -2.42. The van der Waals surface area contributed by atoms with Gasteiger partial charge in [-0.1, -0.05) is 30.3 Å². The second-order valence-corrected chi connectivity index (χ2v) is 4.31. The Hall–Kier alpha value is -2.41. The summed E-state index contributed by atoms with van der Waals surface area (Å²) in [5.74, 6) is -1.91. The quantitative estimate of drug-likeness (QED) is 0.603. The van der Waals surface area contributed by atoms with Crippen molar-refractivity contribution in [3.05, 3.63) is 35.9 Å². The maximum atomic E-state index is 11.6. The van der Waals surface area contributed by atoms with Crippen LogP contribution in [0.25, 0.3) is 0 Å². The zero-order chi connectivity index (χ0) is 15.7. The number of rotatable bonds is 8. The molecule has 1 atom stereocenters. The van der Waals surface area contributed by atoms with E-state index < -0.39 is 18.0 Å². The molecule has 3 N–H and O–H groups in total. The van der Waals surface area contributed by atoms with Gasteiger partial charge in [0, 0.05) is 7.11 Å². The number of carboxylic acid groups (broad SMARTS) is 1. The fraction of sp³-hybridized carbons (Fsp3) is 0.357. The van der Waals surface area contributed by atoms with E-state index in [2.05, 4.69) is 15.4 Å². The van der Waals surface area contributed by atoms with Crippen molar-refractivity contribution in [2.75, 3.05) is 20.2 Å². The summed E-state index contributed by atoms with van der Waals surface area (Å²) >= 11 is 0. The van der Waals surface area contributed by atoms with Crippen LogP contribution in [0.4, 0.5) is 0 Å². The van der Waals surface area contributed by atoms with Crippen molar-refractivity contribution < 1.29 is 24.2 Å². The molecule has 2 amide bonds. The molecule has 0 aliphatic heterocycles. The van der Waals surface area contributed by atoms with Gasteiger partial charge in [-0.3, -0.25) is 9.59 Å². The summed E-state index contributed by atoms with van der Waals surface area (Å²) in [6, 6.07) is 9.13. The Labute approximate surface area is 122 Å². The highest BCUT2D eigenvalue weighted by Gasteiger charge is 2.17. The molecule has 0 saturated carbocycles. The van der Waals surface area contributed by atoms with Crippen LogP contribution in [0.2, 0.25) is 0 Å². The maximum absolute atomic E-state index is 11.6. The summed E-state index contributed by atoms with van der Waals surface area (Å²) in [4.78, 5) is 33.7. The third kappa shape index (κ3) is 6.53. The van der Waals surface area contributed by atoms with Gasteiger partial charge in [-0.05, 0) is 5.56 Å². The van der Waals surface area contributed by atoms with Crippen LogP contribution in [0.1, 0.15) is 5.56 Å². The molecule has 0 aliphatic carbocycles. The minimum absolute atomic E-state index is 0.154. The summed E-state index contributed by atoms with van der Waals surface area (Å²) in [5.41, 5.74) is 0.848. The van der Waals surface area contributed by atoms with Gasteiger partial charge >= 0.3 is 5.97 Å². The first-order valence-corrected chi connectivity index (χ1v) is 6.36. The smallest absolute Gasteiger partial charge is 0.334 e. The molecule has 1 rings (SSSR count). The van der Waals surface area contributed by atoms with Crippen molar-refractivity contribution in [2.24, 2.45) is 0 Å². The molecule has 1 aromatic carbocycles. The number of amides is 2. The topological polar surface area (TPSA) is 105 Å². The largest absolute Gasteiger partial charge is 0.479 e. The number of methoxy groups -OCH3 is 1. The van der Waals surface area contributed by atoms with E-state index in [0.29, 0.717) is 0 Å². The molecular weight excluding hydrogens is 276 g/mol. The molecule has 7 nitrogen and oxygen atoms in total. The summed E-state index contributed by atoms with van der Waals surface area (Å²) in [6.45, 7) is -0.360. The highest BCUT2D eigenvalue weighted by Crippen LogP contribution is 1.98. The van der Waals surface area contributed by atoms with E-state index in [1.54, 1.807) is 0 Å². The Morgan fingerprint density at radius 2 is 1.81 bits per heavy atom. The van der Waals surface area contributed by atoms with Crippen molar-refractivity contribution in [1.82, 2.24) is 10.6 Å². The van der Waals surface area contributed by atoms with Gasteiger partial charge in [-0.25, -0.2) is 4.79 Å². The van der Waals surface area contributed by atoms with Gasteiger partial charge in [-0.2, -0.15) is 0 Å². The van der Waals surface area contributed by atoms with E-state index in [-0.39, 0.29) is 25.4 Å². The number of nitrogens with one attached hydrogen (secondary N) is 2. The zero-order valence-electron chi connectivity index (χ0n) is 11.7. The van der Waals surface area contributed by atoms with Crippen LogP contribution in [-0.2, 0) is 25.5 Å². The van der Waals surface area contributed by atoms with Gasteiger partial charge in [0.25, 0.3) is 0 Å². The van der Waals surface area contributed by atoms with E-state index >= 15 is 0 Å². The molecule has 0 bridgehead atoms. The van der Waals surface area contributed by atoms with Crippen LogP contribution in [0.3, 0.4) is 0 Å². The number of aliphatic carboxylic acids is 1. The van der Waals surface area contributed by atoms with Gasteiger partial charge in [0.2, 0.25) is 11.8 Å². The molecular formula is C14H18N2O5. The van der Waals surface area contributed by atoms with Crippen LogP contribution < -0.4 is 10.6 Å². The predicted octanol–water partition coefficient (Wildman–Crippen LogP) is -0.439. The summed E-state index contributed by atoms with van der Waals surface area (Å²) in [6.07, 6.45) is -0.918. The number of carboxylic acids is 1. The number of carbonyl (C=O) groups excluding carboxylic acids is 2. The van der Waals surface area contributed by atoms with E-state index in [9.17, 15) is 14.4 Å². The number of ether oxygens (including phenoxy) is 1. The molecule has 0 spiro atoms. The van der Waals surface area contributed by atoms with Crippen molar-refractivity contribution in [2.45, 2.75) is 12.5 Å². The van der Waals surface area contributed by atoms with Crippen molar-refractivity contribution in [1.29, 1.82) is 0 Å². The first-order chi connectivity index (χ1) is 10.0. The van der Waals surface area contributed by atoms with Gasteiger partial charge in [-0.15, -0.1) is 0 Å². The van der Waals surface area contributed by atoms with Crippen molar-refractivity contribution in [3.63, 3.8) is 0 Å². The lowest BCUT2D eigenvalue weighted by molar-refractivity contribution is -0.148. The first-order valence-electron chi connectivity index (χ1n) is 6.36. The second-order valence-electron chi connectivity index (χ2n) is 4.31. The average molecular weight is 294 g/mol. The normalized spacial score (nSPS) is 11.5. The van der Waals surface area contributed by atoms with Crippen LogP contribution in [0.5, 0.6) is 0 Å². The summed E-state index contributed by atoms with van der Waals surface area (Å²) < 4.78 is 4.67. The molecule has 1 aromatic rings. The number of carbonyl (C=O) groups is 3. The Morgan fingerprint density at radius 1 is 1.14 bits per heavy atom.